The van der Waals surface area contributed by atoms with Gasteiger partial charge in [0.2, 0.25) is 0 Å². The lowest BCUT2D eigenvalue weighted by Gasteiger charge is -2.44. The molecular formula is C16H34S. The molecule has 1 heteroatoms. The van der Waals surface area contributed by atoms with Crippen LogP contribution in [-0.4, -0.2) is 9.49 Å². The molecule has 0 nitrogen and oxygen atoms in total. The van der Waals surface area contributed by atoms with E-state index in [-0.39, 0.29) is 0 Å². The third-order valence-corrected chi connectivity index (χ3v) is 6.69. The minimum Gasteiger partial charge on any atom is -0.148 e. The van der Waals surface area contributed by atoms with E-state index >= 15 is 0 Å². The van der Waals surface area contributed by atoms with Crippen LogP contribution in [-0.2, 0) is 0 Å². The van der Waals surface area contributed by atoms with Crippen LogP contribution in [0.1, 0.15) is 81.1 Å². The van der Waals surface area contributed by atoms with Crippen molar-refractivity contribution in [1.29, 1.82) is 0 Å². The summed E-state index contributed by atoms with van der Waals surface area (Å²) in [7, 11) is 0. The lowest BCUT2D eigenvalue weighted by molar-refractivity contribution is 0.395. The molecule has 17 heavy (non-hydrogen) atoms. The van der Waals surface area contributed by atoms with Crippen molar-refractivity contribution in [3.63, 3.8) is 0 Å². The lowest BCUT2D eigenvalue weighted by atomic mass is 9.91. The van der Waals surface area contributed by atoms with Gasteiger partial charge in [0.15, 0.2) is 0 Å². The van der Waals surface area contributed by atoms with E-state index in [1.54, 1.807) is 0 Å². The number of rotatable bonds is 8. The van der Waals surface area contributed by atoms with Gasteiger partial charge in [0.1, 0.15) is 0 Å². The first kappa shape index (κ1) is 17.4. The average Bonchev–Trinajstić information content (AvgIpc) is 2.17. The quantitative estimate of drug-likeness (QED) is 0.503. The van der Waals surface area contributed by atoms with E-state index in [1.165, 1.54) is 25.7 Å². The molecule has 0 spiro atoms. The molecule has 0 fully saturated rings. The summed E-state index contributed by atoms with van der Waals surface area (Å²) in [4.78, 5) is 0. The summed E-state index contributed by atoms with van der Waals surface area (Å²) in [5, 5.41) is 0. The van der Waals surface area contributed by atoms with Crippen molar-refractivity contribution in [3.05, 3.63) is 0 Å². The summed E-state index contributed by atoms with van der Waals surface area (Å²) in [5.74, 6) is 1.50. The van der Waals surface area contributed by atoms with Crippen molar-refractivity contribution in [1.82, 2.24) is 0 Å². The minimum absolute atomic E-state index is 0.433. The standard InChI is InChI=1S/C16H34S/c1-9-11-15(7,13(3)4)17-16(8,12-10-2)14(5)6/h13-14H,9-12H2,1-8H3. The predicted molar refractivity (Wildman–Crippen MR) is 83.9 cm³/mol. The second kappa shape index (κ2) is 7.07. The highest BCUT2D eigenvalue weighted by Gasteiger charge is 2.38. The number of hydrogen-bond acceptors (Lipinski definition) is 1. The first-order valence-corrected chi connectivity index (χ1v) is 8.23. The van der Waals surface area contributed by atoms with E-state index in [1.807, 2.05) is 0 Å². The first-order chi connectivity index (χ1) is 7.72. The van der Waals surface area contributed by atoms with Gasteiger partial charge in [-0.25, -0.2) is 0 Å². The Morgan fingerprint density at radius 1 is 0.765 bits per heavy atom. The molecule has 0 heterocycles. The monoisotopic (exact) mass is 258 g/mol. The zero-order valence-electron chi connectivity index (χ0n) is 13.4. The molecule has 0 aromatic rings. The van der Waals surface area contributed by atoms with Crippen molar-refractivity contribution in [2.24, 2.45) is 11.8 Å². The molecule has 0 saturated carbocycles. The number of thioether (sulfide) groups is 1. The van der Waals surface area contributed by atoms with Gasteiger partial charge in [-0.3, -0.25) is 0 Å². The molecule has 0 aromatic carbocycles. The van der Waals surface area contributed by atoms with E-state index in [0.29, 0.717) is 9.49 Å². The van der Waals surface area contributed by atoms with Crippen LogP contribution in [0, 0.1) is 11.8 Å². The Bertz CT molecular complexity index is 188. The van der Waals surface area contributed by atoms with Gasteiger partial charge >= 0.3 is 0 Å². The van der Waals surface area contributed by atoms with Crippen LogP contribution in [0.15, 0.2) is 0 Å². The summed E-state index contributed by atoms with van der Waals surface area (Å²) >= 11 is 2.26. The van der Waals surface area contributed by atoms with Gasteiger partial charge in [-0.1, -0.05) is 68.2 Å². The van der Waals surface area contributed by atoms with Crippen LogP contribution < -0.4 is 0 Å². The van der Waals surface area contributed by atoms with Crippen LogP contribution in [0.2, 0.25) is 0 Å². The molecule has 0 saturated heterocycles. The fourth-order valence-electron chi connectivity index (χ4n) is 2.44. The molecule has 0 aromatic heterocycles. The largest absolute Gasteiger partial charge is 0.148 e. The van der Waals surface area contributed by atoms with Crippen molar-refractivity contribution >= 4 is 11.8 Å². The van der Waals surface area contributed by atoms with Gasteiger partial charge in [-0.2, -0.15) is 0 Å². The highest BCUT2D eigenvalue weighted by Crippen LogP contribution is 2.49. The Morgan fingerprint density at radius 2 is 1.06 bits per heavy atom. The van der Waals surface area contributed by atoms with E-state index in [4.69, 9.17) is 0 Å². The van der Waals surface area contributed by atoms with E-state index in [9.17, 15) is 0 Å². The first-order valence-electron chi connectivity index (χ1n) is 7.42. The maximum atomic E-state index is 2.47. The highest BCUT2D eigenvalue weighted by atomic mass is 32.2. The smallest absolute Gasteiger partial charge is 0.0160 e. The second-order valence-corrected chi connectivity index (χ2v) is 8.61. The van der Waals surface area contributed by atoms with Crippen LogP contribution in [0.4, 0.5) is 0 Å². The molecule has 104 valence electrons. The molecule has 0 amide bonds. The maximum absolute atomic E-state index is 2.47. The van der Waals surface area contributed by atoms with Gasteiger partial charge in [-0.05, 0) is 24.7 Å². The minimum atomic E-state index is 0.433. The van der Waals surface area contributed by atoms with Gasteiger partial charge in [-0.15, -0.1) is 11.8 Å². The van der Waals surface area contributed by atoms with E-state index < -0.39 is 0 Å². The summed E-state index contributed by atoms with van der Waals surface area (Å²) in [6.45, 7) is 19.1. The van der Waals surface area contributed by atoms with E-state index in [2.05, 4.69) is 67.2 Å². The van der Waals surface area contributed by atoms with Crippen molar-refractivity contribution < 1.29 is 0 Å². The molecular weight excluding hydrogens is 224 g/mol. The summed E-state index contributed by atoms with van der Waals surface area (Å²) in [6, 6.07) is 0. The van der Waals surface area contributed by atoms with Gasteiger partial charge in [0, 0.05) is 9.49 Å². The zero-order valence-corrected chi connectivity index (χ0v) is 14.2. The van der Waals surface area contributed by atoms with Crippen LogP contribution in [0.3, 0.4) is 0 Å². The fourth-order valence-corrected chi connectivity index (χ4v) is 4.59. The van der Waals surface area contributed by atoms with E-state index in [0.717, 1.165) is 11.8 Å². The summed E-state index contributed by atoms with van der Waals surface area (Å²) in [5.41, 5.74) is 0. The van der Waals surface area contributed by atoms with Gasteiger partial charge in [0.25, 0.3) is 0 Å². The Hall–Kier alpha value is 0.350. The molecule has 0 aliphatic heterocycles. The molecule has 0 rings (SSSR count). The van der Waals surface area contributed by atoms with Crippen LogP contribution in [0.25, 0.3) is 0 Å². The second-order valence-electron chi connectivity index (χ2n) is 6.54. The molecule has 0 bridgehead atoms. The topological polar surface area (TPSA) is 0 Å². The molecule has 0 N–H and O–H groups in total. The molecule has 0 aliphatic carbocycles. The third kappa shape index (κ3) is 4.85. The Morgan fingerprint density at radius 3 is 1.24 bits per heavy atom. The highest BCUT2D eigenvalue weighted by molar-refractivity contribution is 8.02. The van der Waals surface area contributed by atoms with Crippen molar-refractivity contribution in [3.8, 4) is 0 Å². The van der Waals surface area contributed by atoms with Crippen LogP contribution >= 0.6 is 11.8 Å². The molecule has 0 aliphatic rings. The Labute approximate surface area is 114 Å². The summed E-state index contributed by atoms with van der Waals surface area (Å²) < 4.78 is 0.867. The molecule has 0 radical (unpaired) electrons. The zero-order chi connectivity index (χ0) is 13.7. The average molecular weight is 259 g/mol. The molecule has 2 atom stereocenters. The normalized spacial score (nSPS) is 19.4. The molecule has 2 unspecified atom stereocenters. The Balaban J connectivity index is 4.92. The van der Waals surface area contributed by atoms with Gasteiger partial charge in [0.05, 0.1) is 0 Å². The SMILES string of the molecule is CCCC(C)(SC(C)(CCC)C(C)C)C(C)C. The van der Waals surface area contributed by atoms with Crippen molar-refractivity contribution in [2.75, 3.05) is 0 Å². The third-order valence-electron chi connectivity index (χ3n) is 4.40. The number of hydrogen-bond donors (Lipinski definition) is 0. The fraction of sp³-hybridized carbons (Fsp3) is 1.00. The Kier molecular flexibility index (Phi) is 7.21. The van der Waals surface area contributed by atoms with Gasteiger partial charge < -0.3 is 0 Å². The van der Waals surface area contributed by atoms with Crippen molar-refractivity contribution in [2.45, 2.75) is 90.6 Å². The predicted octanol–water partition coefficient (Wildman–Crippen LogP) is 6.15. The lowest BCUT2D eigenvalue weighted by Crippen LogP contribution is -2.38. The summed E-state index contributed by atoms with van der Waals surface area (Å²) in [6.07, 6.45) is 5.26. The van der Waals surface area contributed by atoms with Crippen LogP contribution in [0.5, 0.6) is 0 Å². The maximum Gasteiger partial charge on any atom is 0.0160 e.